The van der Waals surface area contributed by atoms with E-state index in [2.05, 4.69) is 10.3 Å². The normalized spacial score (nSPS) is 11.9. The molecular weight excluding hydrogens is 282 g/mol. The SMILES string of the molecule is CC(=O)CC[C@H](NC(=O)c1cnc2ccccc2c1)C(N)=O. The van der Waals surface area contributed by atoms with Crippen LogP contribution in [0, 0.1) is 0 Å². The van der Waals surface area contributed by atoms with Gasteiger partial charge in [-0.05, 0) is 25.5 Å². The first-order valence-corrected chi connectivity index (χ1v) is 6.92. The van der Waals surface area contributed by atoms with Crippen molar-refractivity contribution in [3.63, 3.8) is 0 Å². The molecule has 1 aromatic carbocycles. The number of nitrogens with two attached hydrogens (primary N) is 1. The average molecular weight is 299 g/mol. The number of ketones is 1. The van der Waals surface area contributed by atoms with Crippen LogP contribution in [0.2, 0.25) is 0 Å². The van der Waals surface area contributed by atoms with Crippen LogP contribution in [0.1, 0.15) is 30.1 Å². The van der Waals surface area contributed by atoms with Crippen LogP contribution in [0.4, 0.5) is 0 Å². The maximum absolute atomic E-state index is 12.2. The summed E-state index contributed by atoms with van der Waals surface area (Å²) in [5.41, 5.74) is 6.38. The Bertz CT molecular complexity index is 727. The molecule has 0 aliphatic rings. The molecule has 3 N–H and O–H groups in total. The van der Waals surface area contributed by atoms with Gasteiger partial charge in [-0.15, -0.1) is 0 Å². The van der Waals surface area contributed by atoms with Crippen LogP contribution in [-0.4, -0.2) is 28.6 Å². The summed E-state index contributed by atoms with van der Waals surface area (Å²) in [6.45, 7) is 1.42. The number of Topliss-reactive ketones (excluding diaryl/α,β-unsaturated/α-hetero) is 1. The number of primary amides is 1. The van der Waals surface area contributed by atoms with Gasteiger partial charge in [0.05, 0.1) is 11.1 Å². The molecule has 0 saturated carbocycles. The molecule has 6 heteroatoms. The Morgan fingerprint density at radius 1 is 1.27 bits per heavy atom. The molecule has 0 aliphatic carbocycles. The third kappa shape index (κ3) is 3.88. The first-order valence-electron chi connectivity index (χ1n) is 6.92. The van der Waals surface area contributed by atoms with Gasteiger partial charge < -0.3 is 15.8 Å². The first-order chi connectivity index (χ1) is 10.5. The number of pyridine rings is 1. The number of rotatable bonds is 6. The third-order valence-corrected chi connectivity index (χ3v) is 3.29. The van der Waals surface area contributed by atoms with Crippen LogP contribution < -0.4 is 11.1 Å². The molecule has 0 unspecified atom stereocenters. The lowest BCUT2D eigenvalue weighted by molar-refractivity contribution is -0.120. The number of nitrogens with one attached hydrogen (secondary N) is 1. The summed E-state index contributed by atoms with van der Waals surface area (Å²) in [4.78, 5) is 38.8. The molecule has 2 amide bonds. The Balaban J connectivity index is 2.14. The summed E-state index contributed by atoms with van der Waals surface area (Å²) in [6.07, 6.45) is 1.82. The fourth-order valence-corrected chi connectivity index (χ4v) is 2.07. The number of hydrogen-bond donors (Lipinski definition) is 2. The second-order valence-corrected chi connectivity index (χ2v) is 5.09. The Morgan fingerprint density at radius 3 is 2.68 bits per heavy atom. The summed E-state index contributed by atoms with van der Waals surface area (Å²) in [5, 5.41) is 3.38. The van der Waals surface area contributed by atoms with E-state index in [1.807, 2.05) is 24.3 Å². The molecule has 6 nitrogen and oxygen atoms in total. The van der Waals surface area contributed by atoms with Gasteiger partial charge in [-0.2, -0.15) is 0 Å². The molecule has 2 rings (SSSR count). The molecule has 0 saturated heterocycles. The highest BCUT2D eigenvalue weighted by molar-refractivity contribution is 5.99. The summed E-state index contributed by atoms with van der Waals surface area (Å²) < 4.78 is 0. The number of fused-ring (bicyclic) bond motifs is 1. The zero-order valence-electron chi connectivity index (χ0n) is 12.2. The van der Waals surface area contributed by atoms with E-state index < -0.39 is 17.9 Å². The number of para-hydroxylation sites is 1. The van der Waals surface area contributed by atoms with Crippen molar-refractivity contribution >= 4 is 28.5 Å². The third-order valence-electron chi connectivity index (χ3n) is 3.29. The Kier molecular flexibility index (Phi) is 4.83. The van der Waals surface area contributed by atoms with E-state index in [-0.39, 0.29) is 18.6 Å². The van der Waals surface area contributed by atoms with Gasteiger partial charge in [0.2, 0.25) is 5.91 Å². The van der Waals surface area contributed by atoms with E-state index in [1.165, 1.54) is 13.1 Å². The highest BCUT2D eigenvalue weighted by atomic mass is 16.2. The monoisotopic (exact) mass is 299 g/mol. The van der Waals surface area contributed by atoms with Gasteiger partial charge in [0.25, 0.3) is 5.91 Å². The van der Waals surface area contributed by atoms with Crippen molar-refractivity contribution in [2.24, 2.45) is 5.73 Å². The van der Waals surface area contributed by atoms with E-state index in [0.29, 0.717) is 5.56 Å². The van der Waals surface area contributed by atoms with Crippen LogP contribution in [-0.2, 0) is 9.59 Å². The molecule has 0 fully saturated rings. The predicted molar refractivity (Wildman–Crippen MR) is 82.1 cm³/mol. The van der Waals surface area contributed by atoms with E-state index in [0.717, 1.165) is 10.9 Å². The zero-order chi connectivity index (χ0) is 16.1. The van der Waals surface area contributed by atoms with Crippen LogP contribution in [0.25, 0.3) is 10.9 Å². The van der Waals surface area contributed by atoms with Gasteiger partial charge in [0, 0.05) is 18.0 Å². The van der Waals surface area contributed by atoms with Crippen molar-refractivity contribution in [2.75, 3.05) is 0 Å². The second kappa shape index (κ2) is 6.80. The van der Waals surface area contributed by atoms with Gasteiger partial charge in [0.15, 0.2) is 0 Å². The molecule has 1 aromatic heterocycles. The van der Waals surface area contributed by atoms with E-state index in [4.69, 9.17) is 5.73 Å². The highest BCUT2D eigenvalue weighted by Gasteiger charge is 2.19. The maximum atomic E-state index is 12.2. The van der Waals surface area contributed by atoms with Gasteiger partial charge in [-0.1, -0.05) is 18.2 Å². The lowest BCUT2D eigenvalue weighted by Crippen LogP contribution is -2.44. The number of nitrogens with zero attached hydrogens (tertiary/aromatic N) is 1. The van der Waals surface area contributed by atoms with Crippen LogP contribution >= 0.6 is 0 Å². The standard InChI is InChI=1S/C16H17N3O3/c1-10(20)6-7-14(15(17)21)19-16(22)12-8-11-4-2-3-5-13(11)18-9-12/h2-5,8-9,14H,6-7H2,1H3,(H2,17,21)(H,19,22)/t14-/m0/s1. The molecule has 1 heterocycles. The minimum atomic E-state index is -0.872. The Hall–Kier alpha value is -2.76. The largest absolute Gasteiger partial charge is 0.368 e. The highest BCUT2D eigenvalue weighted by Crippen LogP contribution is 2.13. The summed E-state index contributed by atoms with van der Waals surface area (Å²) in [5.74, 6) is -1.16. The van der Waals surface area contributed by atoms with Crippen molar-refractivity contribution in [1.82, 2.24) is 10.3 Å². The minimum absolute atomic E-state index is 0.0622. The van der Waals surface area contributed by atoms with Gasteiger partial charge in [-0.3, -0.25) is 14.6 Å². The molecule has 22 heavy (non-hydrogen) atoms. The fourth-order valence-electron chi connectivity index (χ4n) is 2.07. The van der Waals surface area contributed by atoms with Gasteiger partial charge in [0.1, 0.15) is 11.8 Å². The second-order valence-electron chi connectivity index (χ2n) is 5.09. The van der Waals surface area contributed by atoms with E-state index in [9.17, 15) is 14.4 Å². The van der Waals surface area contributed by atoms with Crippen molar-refractivity contribution in [3.05, 3.63) is 42.1 Å². The fraction of sp³-hybridized carbons (Fsp3) is 0.250. The molecule has 0 aliphatic heterocycles. The topological polar surface area (TPSA) is 102 Å². The van der Waals surface area contributed by atoms with Gasteiger partial charge >= 0.3 is 0 Å². The zero-order valence-corrected chi connectivity index (χ0v) is 12.2. The molecular formula is C16H17N3O3. The quantitative estimate of drug-likeness (QED) is 0.836. The summed E-state index contributed by atoms with van der Waals surface area (Å²) in [6, 6.07) is 8.23. The van der Waals surface area contributed by atoms with Crippen molar-refractivity contribution in [3.8, 4) is 0 Å². The Morgan fingerprint density at radius 2 is 2.00 bits per heavy atom. The van der Waals surface area contributed by atoms with Crippen LogP contribution in [0.3, 0.4) is 0 Å². The Labute approximate surface area is 127 Å². The average Bonchev–Trinajstić information content (AvgIpc) is 2.50. The van der Waals surface area contributed by atoms with Crippen LogP contribution in [0.5, 0.6) is 0 Å². The van der Waals surface area contributed by atoms with Gasteiger partial charge in [-0.25, -0.2) is 0 Å². The molecule has 114 valence electrons. The molecule has 0 spiro atoms. The molecule has 0 radical (unpaired) electrons. The lowest BCUT2D eigenvalue weighted by Gasteiger charge is -2.14. The smallest absolute Gasteiger partial charge is 0.253 e. The van der Waals surface area contributed by atoms with E-state index >= 15 is 0 Å². The predicted octanol–water partition coefficient (Wildman–Crippen LogP) is 1.19. The van der Waals surface area contributed by atoms with Crippen molar-refractivity contribution in [1.29, 1.82) is 0 Å². The van der Waals surface area contributed by atoms with E-state index in [1.54, 1.807) is 6.07 Å². The first kappa shape index (κ1) is 15.6. The summed E-state index contributed by atoms with van der Waals surface area (Å²) >= 11 is 0. The number of carbonyl (C=O) groups excluding carboxylic acids is 3. The number of hydrogen-bond acceptors (Lipinski definition) is 4. The minimum Gasteiger partial charge on any atom is -0.368 e. The number of benzene rings is 1. The van der Waals surface area contributed by atoms with Crippen LogP contribution in [0.15, 0.2) is 36.5 Å². The lowest BCUT2D eigenvalue weighted by atomic mass is 10.1. The number of aromatic nitrogens is 1. The number of carbonyl (C=O) groups is 3. The van der Waals surface area contributed by atoms with Crippen molar-refractivity contribution < 1.29 is 14.4 Å². The maximum Gasteiger partial charge on any atom is 0.253 e. The number of amides is 2. The van der Waals surface area contributed by atoms with Crippen molar-refractivity contribution in [2.45, 2.75) is 25.8 Å². The molecule has 0 bridgehead atoms. The molecule has 1 atom stereocenters. The molecule has 2 aromatic rings. The summed E-state index contributed by atoms with van der Waals surface area (Å²) in [7, 11) is 0.